The fourth-order valence-electron chi connectivity index (χ4n) is 2.02. The van der Waals surface area contributed by atoms with Crippen molar-refractivity contribution in [2.24, 2.45) is 0 Å². The van der Waals surface area contributed by atoms with Gasteiger partial charge < -0.3 is 15.0 Å². The standard InChI is InChI=1S/C12H24N2O/c1-11(15)5-3-4-8-13-12-6-9-14(2)10-7-12/h12-13H,3-10H2,1-2H3. The van der Waals surface area contributed by atoms with E-state index in [-0.39, 0.29) is 0 Å². The van der Waals surface area contributed by atoms with E-state index in [1.165, 1.54) is 25.9 Å². The molecule has 0 aromatic heterocycles. The van der Waals surface area contributed by atoms with Crippen LogP contribution in [-0.4, -0.2) is 43.4 Å². The molecule has 3 nitrogen and oxygen atoms in total. The zero-order valence-corrected chi connectivity index (χ0v) is 10.1. The third-order valence-corrected chi connectivity index (χ3v) is 3.11. The third kappa shape index (κ3) is 5.90. The fourth-order valence-corrected chi connectivity index (χ4v) is 2.02. The number of hydrogen-bond acceptors (Lipinski definition) is 3. The molecule has 0 unspecified atom stereocenters. The molecule has 0 spiro atoms. The molecule has 88 valence electrons. The number of piperidine rings is 1. The zero-order chi connectivity index (χ0) is 11.1. The van der Waals surface area contributed by atoms with Gasteiger partial charge in [-0.2, -0.15) is 0 Å². The Morgan fingerprint density at radius 3 is 2.60 bits per heavy atom. The van der Waals surface area contributed by atoms with Crippen molar-refractivity contribution >= 4 is 5.78 Å². The van der Waals surface area contributed by atoms with E-state index in [9.17, 15) is 4.79 Å². The average molecular weight is 212 g/mol. The van der Waals surface area contributed by atoms with Gasteiger partial charge in [-0.15, -0.1) is 0 Å². The lowest BCUT2D eigenvalue weighted by Gasteiger charge is -2.29. The number of carbonyl (C=O) groups is 1. The van der Waals surface area contributed by atoms with E-state index in [0.717, 1.165) is 25.8 Å². The molecular weight excluding hydrogens is 188 g/mol. The third-order valence-electron chi connectivity index (χ3n) is 3.11. The molecule has 0 amide bonds. The average Bonchev–Trinajstić information content (AvgIpc) is 2.20. The van der Waals surface area contributed by atoms with Gasteiger partial charge in [-0.25, -0.2) is 0 Å². The topological polar surface area (TPSA) is 32.3 Å². The van der Waals surface area contributed by atoms with Crippen LogP contribution in [0.2, 0.25) is 0 Å². The van der Waals surface area contributed by atoms with Crippen LogP contribution in [0.4, 0.5) is 0 Å². The summed E-state index contributed by atoms with van der Waals surface area (Å²) in [4.78, 5) is 13.1. The van der Waals surface area contributed by atoms with Gasteiger partial charge >= 0.3 is 0 Å². The molecule has 0 aromatic rings. The molecule has 0 saturated carbocycles. The summed E-state index contributed by atoms with van der Waals surface area (Å²) in [7, 11) is 2.18. The molecule has 0 atom stereocenters. The molecule has 0 radical (unpaired) electrons. The van der Waals surface area contributed by atoms with E-state index in [1.54, 1.807) is 6.92 Å². The summed E-state index contributed by atoms with van der Waals surface area (Å²) < 4.78 is 0. The number of ketones is 1. The molecule has 1 saturated heterocycles. The Labute approximate surface area is 93.2 Å². The summed E-state index contributed by atoms with van der Waals surface area (Å²) in [5.41, 5.74) is 0. The van der Waals surface area contributed by atoms with Gasteiger partial charge in [0, 0.05) is 12.5 Å². The van der Waals surface area contributed by atoms with Crippen LogP contribution in [-0.2, 0) is 4.79 Å². The van der Waals surface area contributed by atoms with E-state index in [1.807, 2.05) is 0 Å². The summed E-state index contributed by atoms with van der Waals surface area (Å²) in [6, 6.07) is 0.707. The van der Waals surface area contributed by atoms with Gasteiger partial charge in [-0.05, 0) is 59.3 Å². The van der Waals surface area contributed by atoms with E-state index < -0.39 is 0 Å². The van der Waals surface area contributed by atoms with Crippen LogP contribution in [0.15, 0.2) is 0 Å². The first-order valence-corrected chi connectivity index (χ1v) is 6.10. The van der Waals surface area contributed by atoms with Gasteiger partial charge in [0.1, 0.15) is 5.78 Å². The molecule has 0 aromatic carbocycles. The minimum Gasteiger partial charge on any atom is -0.314 e. The number of Topliss-reactive ketones (excluding diaryl/α,β-unsaturated/α-hetero) is 1. The molecule has 1 aliphatic heterocycles. The number of likely N-dealkylation sites (tertiary alicyclic amines) is 1. The predicted molar refractivity (Wildman–Crippen MR) is 63.1 cm³/mol. The minimum absolute atomic E-state index is 0.314. The van der Waals surface area contributed by atoms with Crippen molar-refractivity contribution < 1.29 is 4.79 Å². The SMILES string of the molecule is CC(=O)CCCCNC1CCN(C)CC1. The van der Waals surface area contributed by atoms with Crippen LogP contribution in [0.3, 0.4) is 0 Å². The normalized spacial score (nSPS) is 19.3. The Bertz CT molecular complexity index is 186. The molecule has 15 heavy (non-hydrogen) atoms. The first kappa shape index (κ1) is 12.7. The monoisotopic (exact) mass is 212 g/mol. The maximum absolute atomic E-state index is 10.7. The second-order valence-corrected chi connectivity index (χ2v) is 4.69. The molecule has 1 rings (SSSR count). The Balaban J connectivity index is 1.94. The molecule has 1 fully saturated rings. The molecule has 0 bridgehead atoms. The lowest BCUT2D eigenvalue weighted by molar-refractivity contribution is -0.117. The van der Waals surface area contributed by atoms with Gasteiger partial charge in [0.15, 0.2) is 0 Å². The number of nitrogens with one attached hydrogen (secondary N) is 1. The Morgan fingerprint density at radius 1 is 1.33 bits per heavy atom. The van der Waals surface area contributed by atoms with Gasteiger partial charge in [0.2, 0.25) is 0 Å². The van der Waals surface area contributed by atoms with E-state index in [2.05, 4.69) is 17.3 Å². The second-order valence-electron chi connectivity index (χ2n) is 4.69. The molecule has 1 aliphatic rings. The Kier molecular flexibility index (Phi) is 5.88. The Hall–Kier alpha value is -0.410. The summed E-state index contributed by atoms with van der Waals surface area (Å²) in [6.45, 7) is 5.17. The fraction of sp³-hybridized carbons (Fsp3) is 0.917. The Morgan fingerprint density at radius 2 is 2.00 bits per heavy atom. The second kappa shape index (κ2) is 6.96. The molecular formula is C12H24N2O. The highest BCUT2D eigenvalue weighted by Crippen LogP contribution is 2.08. The number of carbonyl (C=O) groups excluding carboxylic acids is 1. The van der Waals surface area contributed by atoms with Crippen LogP contribution in [0.25, 0.3) is 0 Å². The van der Waals surface area contributed by atoms with Gasteiger partial charge in [-0.3, -0.25) is 0 Å². The quantitative estimate of drug-likeness (QED) is 0.676. The van der Waals surface area contributed by atoms with E-state index in [0.29, 0.717) is 11.8 Å². The van der Waals surface area contributed by atoms with Crippen molar-refractivity contribution in [3.05, 3.63) is 0 Å². The first-order valence-electron chi connectivity index (χ1n) is 6.10. The predicted octanol–water partition coefficient (Wildman–Crippen LogP) is 1.43. The minimum atomic E-state index is 0.314. The summed E-state index contributed by atoms with van der Waals surface area (Å²) in [5.74, 6) is 0.314. The maximum Gasteiger partial charge on any atom is 0.129 e. The van der Waals surface area contributed by atoms with Crippen molar-refractivity contribution in [2.75, 3.05) is 26.7 Å². The van der Waals surface area contributed by atoms with Crippen molar-refractivity contribution in [3.63, 3.8) is 0 Å². The van der Waals surface area contributed by atoms with Crippen LogP contribution in [0.1, 0.15) is 39.0 Å². The van der Waals surface area contributed by atoms with Crippen molar-refractivity contribution in [2.45, 2.75) is 45.1 Å². The largest absolute Gasteiger partial charge is 0.314 e. The van der Waals surface area contributed by atoms with Crippen molar-refractivity contribution in [3.8, 4) is 0 Å². The lowest BCUT2D eigenvalue weighted by Crippen LogP contribution is -2.41. The van der Waals surface area contributed by atoms with Gasteiger partial charge in [0.05, 0.1) is 0 Å². The van der Waals surface area contributed by atoms with E-state index >= 15 is 0 Å². The zero-order valence-electron chi connectivity index (χ0n) is 10.1. The number of unbranched alkanes of at least 4 members (excludes halogenated alkanes) is 1. The number of hydrogen-bond donors (Lipinski definition) is 1. The number of nitrogens with zero attached hydrogens (tertiary/aromatic N) is 1. The van der Waals surface area contributed by atoms with Gasteiger partial charge in [-0.1, -0.05) is 0 Å². The lowest BCUT2D eigenvalue weighted by atomic mass is 10.1. The summed E-state index contributed by atoms with van der Waals surface area (Å²) in [5, 5.41) is 3.58. The number of rotatable bonds is 6. The molecule has 0 aliphatic carbocycles. The highest BCUT2D eigenvalue weighted by molar-refractivity contribution is 5.75. The van der Waals surface area contributed by atoms with Crippen LogP contribution < -0.4 is 5.32 Å². The highest BCUT2D eigenvalue weighted by Gasteiger charge is 2.15. The maximum atomic E-state index is 10.7. The van der Waals surface area contributed by atoms with Crippen LogP contribution >= 0.6 is 0 Å². The van der Waals surface area contributed by atoms with Crippen molar-refractivity contribution in [1.82, 2.24) is 10.2 Å². The van der Waals surface area contributed by atoms with E-state index in [4.69, 9.17) is 0 Å². The van der Waals surface area contributed by atoms with Gasteiger partial charge in [0.25, 0.3) is 0 Å². The highest BCUT2D eigenvalue weighted by atomic mass is 16.1. The molecule has 1 N–H and O–H groups in total. The van der Waals surface area contributed by atoms with Crippen LogP contribution in [0.5, 0.6) is 0 Å². The molecule has 1 heterocycles. The summed E-state index contributed by atoms with van der Waals surface area (Å²) in [6.07, 6.45) is 5.45. The van der Waals surface area contributed by atoms with Crippen molar-refractivity contribution in [1.29, 1.82) is 0 Å². The van der Waals surface area contributed by atoms with Crippen LogP contribution in [0, 0.1) is 0 Å². The first-order chi connectivity index (χ1) is 7.18. The molecule has 3 heteroatoms. The smallest absolute Gasteiger partial charge is 0.129 e. The summed E-state index contributed by atoms with van der Waals surface area (Å²) >= 11 is 0.